The molecule has 2 N–H and O–H groups in total. The second-order valence-corrected chi connectivity index (χ2v) is 4.87. The molecule has 110 valence electrons. The number of rotatable bonds is 5. The number of amides is 1. The van der Waals surface area contributed by atoms with Crippen molar-refractivity contribution in [3.63, 3.8) is 0 Å². The molecule has 2 heterocycles. The van der Waals surface area contributed by atoms with Gasteiger partial charge in [-0.1, -0.05) is 13.3 Å². The van der Waals surface area contributed by atoms with Crippen molar-refractivity contribution in [1.29, 1.82) is 0 Å². The van der Waals surface area contributed by atoms with Gasteiger partial charge in [-0.15, -0.1) is 0 Å². The molecule has 7 heteroatoms. The number of ether oxygens (including phenoxy) is 1. The minimum atomic E-state index is -0.922. The zero-order chi connectivity index (χ0) is 14.5. The minimum absolute atomic E-state index is 0.0918. The number of hydrogen-bond acceptors (Lipinski definition) is 4. The zero-order valence-electron chi connectivity index (χ0n) is 11.5. The number of nitrogens with one attached hydrogen (secondary N) is 1. The maximum absolute atomic E-state index is 12.3. The molecule has 1 aliphatic heterocycles. The van der Waals surface area contributed by atoms with Crippen LogP contribution in [0.5, 0.6) is 0 Å². The summed E-state index contributed by atoms with van der Waals surface area (Å²) in [6.45, 7) is 3.17. The van der Waals surface area contributed by atoms with E-state index in [-0.39, 0.29) is 12.3 Å². The van der Waals surface area contributed by atoms with Gasteiger partial charge in [-0.3, -0.25) is 14.7 Å². The average molecular weight is 281 g/mol. The van der Waals surface area contributed by atoms with Crippen molar-refractivity contribution in [2.24, 2.45) is 0 Å². The number of carboxylic acid groups (broad SMARTS) is 1. The lowest BCUT2D eigenvalue weighted by molar-refractivity contribution is -0.141. The van der Waals surface area contributed by atoms with Crippen LogP contribution >= 0.6 is 0 Å². The molecule has 7 nitrogen and oxygen atoms in total. The van der Waals surface area contributed by atoms with Crippen LogP contribution in [0, 0.1) is 0 Å². The van der Waals surface area contributed by atoms with Crippen molar-refractivity contribution in [2.45, 2.75) is 32.3 Å². The van der Waals surface area contributed by atoms with Crippen LogP contribution in [0.3, 0.4) is 0 Å². The monoisotopic (exact) mass is 281 g/mol. The first-order valence-electron chi connectivity index (χ1n) is 6.77. The molecule has 0 spiro atoms. The lowest BCUT2D eigenvalue weighted by Gasteiger charge is -2.31. The van der Waals surface area contributed by atoms with Crippen LogP contribution in [-0.2, 0) is 16.0 Å². The van der Waals surface area contributed by atoms with Crippen molar-refractivity contribution in [3.8, 4) is 0 Å². The molecular formula is C13H19N3O4. The number of aliphatic carboxylic acids is 1. The Morgan fingerprint density at radius 1 is 1.60 bits per heavy atom. The fourth-order valence-corrected chi connectivity index (χ4v) is 2.25. The summed E-state index contributed by atoms with van der Waals surface area (Å²) < 4.78 is 5.35. The zero-order valence-corrected chi connectivity index (χ0v) is 11.5. The molecule has 1 aromatic heterocycles. The Balaban J connectivity index is 1.98. The average Bonchev–Trinajstić information content (AvgIpc) is 2.86. The number of morpholine rings is 1. The number of aryl methyl sites for hydroxylation is 1. The Kier molecular flexibility index (Phi) is 4.73. The number of carbonyl (C=O) groups is 2. The number of carboxylic acids is 1. The van der Waals surface area contributed by atoms with Gasteiger partial charge in [-0.05, 0) is 12.5 Å². The van der Waals surface area contributed by atoms with Gasteiger partial charge in [0.15, 0.2) is 0 Å². The number of hydrogen-bond donors (Lipinski definition) is 2. The summed E-state index contributed by atoms with van der Waals surface area (Å²) in [5, 5.41) is 15.6. The van der Waals surface area contributed by atoms with E-state index in [9.17, 15) is 9.59 Å². The van der Waals surface area contributed by atoms with Crippen LogP contribution in [0.2, 0.25) is 0 Å². The van der Waals surface area contributed by atoms with Gasteiger partial charge in [-0.25, -0.2) is 0 Å². The van der Waals surface area contributed by atoms with Crippen molar-refractivity contribution in [3.05, 3.63) is 17.5 Å². The standard InChI is InChI=1S/C13H19N3O4/c1-2-3-9-6-11(15-14-9)13(19)16-4-5-20-10(8-16)7-12(17)18/h6,10H,2-5,7-8H2,1H3,(H,14,15)(H,17,18). The van der Waals surface area contributed by atoms with Gasteiger partial charge in [0, 0.05) is 18.8 Å². The predicted octanol–water partition coefficient (Wildman–Crippen LogP) is 0.678. The third-order valence-electron chi connectivity index (χ3n) is 3.20. The minimum Gasteiger partial charge on any atom is -0.481 e. The first kappa shape index (κ1) is 14.5. The second kappa shape index (κ2) is 6.51. The second-order valence-electron chi connectivity index (χ2n) is 4.87. The van der Waals surface area contributed by atoms with Gasteiger partial charge in [0.05, 0.1) is 19.1 Å². The Morgan fingerprint density at radius 2 is 2.40 bits per heavy atom. The van der Waals surface area contributed by atoms with Gasteiger partial charge >= 0.3 is 5.97 Å². The molecule has 1 saturated heterocycles. The maximum atomic E-state index is 12.3. The first-order valence-corrected chi connectivity index (χ1v) is 6.77. The van der Waals surface area contributed by atoms with Gasteiger partial charge in [0.1, 0.15) is 5.69 Å². The van der Waals surface area contributed by atoms with Crippen molar-refractivity contribution >= 4 is 11.9 Å². The predicted molar refractivity (Wildman–Crippen MR) is 70.5 cm³/mol. The fourth-order valence-electron chi connectivity index (χ4n) is 2.25. The number of H-pyrrole nitrogens is 1. The highest BCUT2D eigenvalue weighted by molar-refractivity contribution is 5.92. The lowest BCUT2D eigenvalue weighted by Crippen LogP contribution is -2.46. The van der Waals surface area contributed by atoms with Gasteiger partial charge in [0.25, 0.3) is 5.91 Å². The molecule has 0 aliphatic carbocycles. The molecule has 0 saturated carbocycles. The molecule has 1 aliphatic rings. The summed E-state index contributed by atoms with van der Waals surface area (Å²) in [4.78, 5) is 24.6. The van der Waals surface area contributed by atoms with E-state index in [1.165, 1.54) is 0 Å². The van der Waals surface area contributed by atoms with E-state index >= 15 is 0 Å². The summed E-state index contributed by atoms with van der Waals surface area (Å²) in [6.07, 6.45) is 1.30. The SMILES string of the molecule is CCCc1cc(C(=O)N2CCOC(CC(=O)O)C2)n[nH]1. The van der Waals surface area contributed by atoms with Crippen LogP contribution < -0.4 is 0 Å². The highest BCUT2D eigenvalue weighted by Crippen LogP contribution is 2.13. The first-order chi connectivity index (χ1) is 9.60. The highest BCUT2D eigenvalue weighted by atomic mass is 16.5. The summed E-state index contributed by atoms with van der Waals surface area (Å²) in [5.41, 5.74) is 1.32. The molecule has 0 radical (unpaired) electrons. The maximum Gasteiger partial charge on any atom is 0.306 e. The summed E-state index contributed by atoms with van der Waals surface area (Å²) in [6, 6.07) is 1.76. The van der Waals surface area contributed by atoms with E-state index in [1.54, 1.807) is 11.0 Å². The number of carbonyl (C=O) groups excluding carboxylic acids is 1. The van der Waals surface area contributed by atoms with Crippen molar-refractivity contribution < 1.29 is 19.4 Å². The topological polar surface area (TPSA) is 95.5 Å². The van der Waals surface area contributed by atoms with Gasteiger partial charge in [-0.2, -0.15) is 5.10 Å². The smallest absolute Gasteiger partial charge is 0.306 e. The molecule has 1 aromatic rings. The van der Waals surface area contributed by atoms with E-state index in [0.717, 1.165) is 18.5 Å². The Morgan fingerprint density at radius 3 is 3.10 bits per heavy atom. The molecular weight excluding hydrogens is 262 g/mol. The molecule has 1 fully saturated rings. The van der Waals surface area contributed by atoms with Crippen molar-refractivity contribution in [2.75, 3.05) is 19.7 Å². The number of aromatic nitrogens is 2. The van der Waals surface area contributed by atoms with Crippen LogP contribution in [-0.4, -0.2) is 57.9 Å². The molecule has 0 bridgehead atoms. The molecule has 1 unspecified atom stereocenters. The Hall–Kier alpha value is -1.89. The Labute approximate surface area is 116 Å². The van der Waals surface area contributed by atoms with Crippen LogP contribution in [0.4, 0.5) is 0 Å². The highest BCUT2D eigenvalue weighted by Gasteiger charge is 2.27. The largest absolute Gasteiger partial charge is 0.481 e. The molecule has 1 amide bonds. The van der Waals surface area contributed by atoms with Gasteiger partial charge < -0.3 is 14.7 Å². The number of nitrogens with zero attached hydrogens (tertiary/aromatic N) is 2. The summed E-state index contributed by atoms with van der Waals surface area (Å²) in [5.74, 6) is -1.10. The molecule has 1 atom stereocenters. The summed E-state index contributed by atoms with van der Waals surface area (Å²) >= 11 is 0. The van der Waals surface area contributed by atoms with E-state index in [1.807, 2.05) is 0 Å². The van der Waals surface area contributed by atoms with E-state index < -0.39 is 12.1 Å². The normalized spacial score (nSPS) is 19.1. The van der Waals surface area contributed by atoms with Crippen LogP contribution in [0.1, 0.15) is 35.9 Å². The fraction of sp³-hybridized carbons (Fsp3) is 0.615. The molecule has 2 rings (SSSR count). The van der Waals surface area contributed by atoms with Crippen LogP contribution in [0.15, 0.2) is 6.07 Å². The quantitative estimate of drug-likeness (QED) is 0.827. The summed E-state index contributed by atoms with van der Waals surface area (Å²) in [7, 11) is 0. The van der Waals surface area contributed by atoms with E-state index in [2.05, 4.69) is 17.1 Å². The third-order valence-corrected chi connectivity index (χ3v) is 3.20. The number of aromatic amines is 1. The lowest BCUT2D eigenvalue weighted by atomic mass is 10.2. The third kappa shape index (κ3) is 3.57. The molecule has 20 heavy (non-hydrogen) atoms. The van der Waals surface area contributed by atoms with Crippen molar-refractivity contribution in [1.82, 2.24) is 15.1 Å². The van der Waals surface area contributed by atoms with Gasteiger partial charge in [0.2, 0.25) is 0 Å². The van der Waals surface area contributed by atoms with E-state index in [4.69, 9.17) is 9.84 Å². The Bertz CT molecular complexity index is 486. The molecule has 0 aromatic carbocycles. The van der Waals surface area contributed by atoms with E-state index in [0.29, 0.717) is 25.4 Å². The van der Waals surface area contributed by atoms with Crippen LogP contribution in [0.25, 0.3) is 0 Å².